The van der Waals surface area contributed by atoms with Crippen molar-refractivity contribution in [3.8, 4) is 0 Å². The summed E-state index contributed by atoms with van der Waals surface area (Å²) in [6, 6.07) is 3.55. The van der Waals surface area contributed by atoms with E-state index in [0.717, 1.165) is 18.2 Å². The summed E-state index contributed by atoms with van der Waals surface area (Å²) in [5, 5.41) is 0. The molecule has 144 valence electrons. The Morgan fingerprint density at radius 3 is 1.96 bits per heavy atom. The molecule has 11 heteroatoms. The zero-order valence-electron chi connectivity index (χ0n) is 14.1. The smallest absolute Gasteiger partial charge is 0.304 e. The zero-order chi connectivity index (χ0) is 19.5. The monoisotopic (exact) mass is 404 g/mol. The molecule has 0 aromatic heterocycles. The van der Waals surface area contributed by atoms with Crippen molar-refractivity contribution >= 4 is 17.7 Å². The molecule has 0 saturated heterocycles. The SMILES string of the molecule is CC(C)OP(=O)(COS(=O)(=O)c1ccccc1C(F)(F)F)OC(C)C. The lowest BCUT2D eigenvalue weighted by molar-refractivity contribution is -0.140. The maximum atomic E-state index is 13.0. The van der Waals surface area contributed by atoms with Gasteiger partial charge in [-0.3, -0.25) is 8.75 Å². The predicted molar refractivity (Wildman–Crippen MR) is 84.6 cm³/mol. The summed E-state index contributed by atoms with van der Waals surface area (Å²) in [7, 11) is -8.82. The molecule has 0 saturated carbocycles. The first kappa shape index (κ1) is 22.1. The third-order valence-electron chi connectivity index (χ3n) is 2.57. The minimum atomic E-state index is -4.89. The Morgan fingerprint density at radius 2 is 1.52 bits per heavy atom. The molecular weight excluding hydrogens is 384 g/mol. The van der Waals surface area contributed by atoms with E-state index in [1.54, 1.807) is 27.7 Å². The number of hydrogen-bond donors (Lipinski definition) is 0. The second-order valence-corrected chi connectivity index (χ2v) is 9.10. The summed E-state index contributed by atoms with van der Waals surface area (Å²) in [5.74, 6) is 0. The van der Waals surface area contributed by atoms with Gasteiger partial charge in [0.1, 0.15) is 4.90 Å². The third-order valence-corrected chi connectivity index (χ3v) is 6.00. The van der Waals surface area contributed by atoms with E-state index in [-0.39, 0.29) is 0 Å². The molecule has 0 aliphatic heterocycles. The van der Waals surface area contributed by atoms with Crippen LogP contribution in [0.1, 0.15) is 33.3 Å². The Balaban J connectivity index is 3.11. The lowest BCUT2D eigenvalue weighted by Gasteiger charge is -2.22. The highest BCUT2D eigenvalue weighted by molar-refractivity contribution is 7.87. The summed E-state index contributed by atoms with van der Waals surface area (Å²) in [6.45, 7) is 6.18. The van der Waals surface area contributed by atoms with Gasteiger partial charge in [0.05, 0.1) is 17.8 Å². The Hall–Kier alpha value is -0.930. The minimum Gasteiger partial charge on any atom is -0.304 e. The van der Waals surface area contributed by atoms with Crippen LogP contribution >= 0.6 is 7.60 Å². The molecule has 0 unspecified atom stereocenters. The first-order valence-electron chi connectivity index (χ1n) is 7.28. The second-order valence-electron chi connectivity index (χ2n) is 5.61. The Labute approximate surface area is 144 Å². The standard InChI is InChI=1S/C14H20F3O6PS/c1-10(2)22-24(18,23-11(3)4)9-21-25(19,20)13-8-6-5-7-12(13)14(15,16)17/h5-8,10-11H,9H2,1-4H3. The van der Waals surface area contributed by atoms with E-state index in [1.807, 2.05) is 0 Å². The van der Waals surface area contributed by atoms with Gasteiger partial charge in [0.25, 0.3) is 10.1 Å². The number of alkyl halides is 3. The topological polar surface area (TPSA) is 78.9 Å². The molecule has 0 aliphatic carbocycles. The van der Waals surface area contributed by atoms with Crippen LogP contribution in [0.25, 0.3) is 0 Å². The van der Waals surface area contributed by atoms with Crippen molar-refractivity contribution in [1.82, 2.24) is 0 Å². The molecule has 0 spiro atoms. The molecule has 0 fully saturated rings. The highest BCUT2D eigenvalue weighted by Gasteiger charge is 2.38. The number of hydrogen-bond acceptors (Lipinski definition) is 6. The fourth-order valence-electron chi connectivity index (χ4n) is 1.84. The second kappa shape index (κ2) is 8.18. The maximum Gasteiger partial charge on any atom is 0.417 e. The van der Waals surface area contributed by atoms with E-state index >= 15 is 0 Å². The van der Waals surface area contributed by atoms with Crippen molar-refractivity contribution in [1.29, 1.82) is 0 Å². The van der Waals surface area contributed by atoms with Crippen molar-refractivity contribution in [3.05, 3.63) is 29.8 Å². The minimum absolute atomic E-state index is 0.571. The van der Waals surface area contributed by atoms with Crippen molar-refractivity contribution in [2.45, 2.75) is 51.0 Å². The van der Waals surface area contributed by atoms with Crippen LogP contribution in [0, 0.1) is 0 Å². The first-order chi connectivity index (χ1) is 11.3. The van der Waals surface area contributed by atoms with E-state index in [9.17, 15) is 26.2 Å². The van der Waals surface area contributed by atoms with E-state index < -0.39 is 52.9 Å². The number of halogens is 3. The maximum absolute atomic E-state index is 13.0. The van der Waals surface area contributed by atoms with Gasteiger partial charge in [-0.25, -0.2) is 0 Å². The van der Waals surface area contributed by atoms with Gasteiger partial charge in [-0.05, 0) is 39.8 Å². The molecule has 1 aromatic rings. The third kappa shape index (κ3) is 6.71. The molecule has 1 rings (SSSR count). The van der Waals surface area contributed by atoms with Crippen LogP contribution in [0.4, 0.5) is 13.2 Å². The van der Waals surface area contributed by atoms with Crippen LogP contribution in [0.3, 0.4) is 0 Å². The average molecular weight is 404 g/mol. The van der Waals surface area contributed by atoms with Crippen molar-refractivity contribution in [3.63, 3.8) is 0 Å². The molecular formula is C14H20F3O6PS. The molecule has 25 heavy (non-hydrogen) atoms. The van der Waals surface area contributed by atoms with Crippen LogP contribution in [-0.2, 0) is 34.1 Å². The summed E-state index contributed by atoms with van der Waals surface area (Å²) in [5.41, 5.74) is -1.38. The van der Waals surface area contributed by atoms with Crippen molar-refractivity contribution in [2.75, 3.05) is 6.35 Å². The molecule has 0 bridgehead atoms. The van der Waals surface area contributed by atoms with E-state index in [0.29, 0.717) is 6.07 Å². The fraction of sp³-hybridized carbons (Fsp3) is 0.571. The number of rotatable bonds is 8. The largest absolute Gasteiger partial charge is 0.417 e. The number of benzene rings is 1. The summed E-state index contributed by atoms with van der Waals surface area (Å²) in [4.78, 5) is -1.07. The molecule has 6 nitrogen and oxygen atoms in total. The van der Waals surface area contributed by atoms with Crippen LogP contribution in [0.2, 0.25) is 0 Å². The molecule has 0 heterocycles. The fourth-order valence-corrected chi connectivity index (χ4v) is 5.20. The van der Waals surface area contributed by atoms with Crippen LogP contribution in [0.15, 0.2) is 29.2 Å². The summed E-state index contributed by atoms with van der Waals surface area (Å²) < 4.78 is 90.6. The van der Waals surface area contributed by atoms with Gasteiger partial charge in [0.15, 0.2) is 6.35 Å². The van der Waals surface area contributed by atoms with Gasteiger partial charge in [0.2, 0.25) is 0 Å². The highest BCUT2D eigenvalue weighted by Crippen LogP contribution is 2.51. The first-order valence-corrected chi connectivity index (χ1v) is 10.4. The van der Waals surface area contributed by atoms with Gasteiger partial charge < -0.3 is 9.05 Å². The summed E-state index contributed by atoms with van der Waals surface area (Å²) in [6.07, 6.45) is -7.06. The van der Waals surface area contributed by atoms with E-state index in [4.69, 9.17) is 9.05 Å². The lowest BCUT2D eigenvalue weighted by Crippen LogP contribution is -2.18. The van der Waals surface area contributed by atoms with Gasteiger partial charge in [-0.2, -0.15) is 21.6 Å². The van der Waals surface area contributed by atoms with Crippen LogP contribution in [-0.4, -0.2) is 27.0 Å². The quantitative estimate of drug-likeness (QED) is 0.472. The highest BCUT2D eigenvalue weighted by atomic mass is 32.2. The van der Waals surface area contributed by atoms with Gasteiger partial charge in [-0.15, -0.1) is 0 Å². The van der Waals surface area contributed by atoms with E-state index in [1.165, 1.54) is 0 Å². The molecule has 0 N–H and O–H groups in total. The predicted octanol–water partition coefficient (Wildman–Crippen LogP) is 4.41. The van der Waals surface area contributed by atoms with Crippen LogP contribution in [0.5, 0.6) is 0 Å². The van der Waals surface area contributed by atoms with Crippen molar-refractivity contribution in [2.24, 2.45) is 0 Å². The molecule has 0 amide bonds. The van der Waals surface area contributed by atoms with Crippen molar-refractivity contribution < 1.29 is 39.4 Å². The normalized spacial score (nSPS) is 13.6. The zero-order valence-corrected chi connectivity index (χ0v) is 15.8. The van der Waals surface area contributed by atoms with Gasteiger partial charge >= 0.3 is 13.8 Å². The molecule has 0 radical (unpaired) electrons. The Bertz CT molecular complexity index is 716. The molecule has 0 aliphatic rings. The summed E-state index contributed by atoms with van der Waals surface area (Å²) >= 11 is 0. The van der Waals surface area contributed by atoms with Gasteiger partial charge in [0, 0.05) is 0 Å². The Morgan fingerprint density at radius 1 is 1.04 bits per heavy atom. The van der Waals surface area contributed by atoms with E-state index in [2.05, 4.69) is 4.18 Å². The average Bonchev–Trinajstić information content (AvgIpc) is 2.43. The Kier molecular flexibility index (Phi) is 7.23. The van der Waals surface area contributed by atoms with Crippen LogP contribution < -0.4 is 0 Å². The molecule has 0 atom stereocenters. The van der Waals surface area contributed by atoms with Gasteiger partial charge in [-0.1, -0.05) is 12.1 Å². The molecule has 1 aromatic carbocycles. The lowest BCUT2D eigenvalue weighted by atomic mass is 10.2.